The van der Waals surface area contributed by atoms with E-state index in [4.69, 9.17) is 0 Å². The summed E-state index contributed by atoms with van der Waals surface area (Å²) in [4.78, 5) is 46.6. The Morgan fingerprint density at radius 2 is 1.11 bits per heavy atom. The number of hydrogen-bond donors (Lipinski definition) is 4. The van der Waals surface area contributed by atoms with Crippen molar-refractivity contribution in [2.45, 2.75) is 25.9 Å². The van der Waals surface area contributed by atoms with Crippen LogP contribution in [0.5, 0.6) is 0 Å². The number of carbonyl (C=O) groups is 4. The van der Waals surface area contributed by atoms with Crippen molar-refractivity contribution in [2.24, 2.45) is 10.8 Å². The molecular formula is C10H12N4O4. The first-order chi connectivity index (χ1) is 8.31. The lowest BCUT2D eigenvalue weighted by Gasteiger charge is -2.66. The monoisotopic (exact) mass is 252 g/mol. The van der Waals surface area contributed by atoms with Gasteiger partial charge in [0, 0.05) is 0 Å². The first kappa shape index (κ1) is 11.0. The summed E-state index contributed by atoms with van der Waals surface area (Å²) in [7, 11) is 0. The normalized spacial score (nSPS) is 45.7. The van der Waals surface area contributed by atoms with E-state index in [1.54, 1.807) is 13.8 Å². The molecule has 3 fully saturated rings. The Kier molecular flexibility index (Phi) is 1.72. The lowest BCUT2D eigenvalue weighted by molar-refractivity contribution is -0.182. The Morgan fingerprint density at radius 1 is 0.778 bits per heavy atom. The number of imide groups is 2. The molecule has 18 heavy (non-hydrogen) atoms. The number of nitrogens with one attached hydrogen (secondary N) is 4. The van der Waals surface area contributed by atoms with E-state index in [0.29, 0.717) is 0 Å². The van der Waals surface area contributed by atoms with E-state index in [2.05, 4.69) is 21.3 Å². The molecule has 2 heterocycles. The molecule has 0 radical (unpaired) electrons. The highest BCUT2D eigenvalue weighted by Gasteiger charge is 2.77. The first-order valence-corrected chi connectivity index (χ1v) is 5.55. The zero-order chi connectivity index (χ0) is 13.3. The van der Waals surface area contributed by atoms with Crippen LogP contribution in [0.2, 0.25) is 0 Å². The van der Waals surface area contributed by atoms with Gasteiger partial charge in [0.25, 0.3) is 0 Å². The van der Waals surface area contributed by atoms with Crippen molar-refractivity contribution in [3.63, 3.8) is 0 Å². The molecule has 0 aromatic rings. The Bertz CT molecular complexity index is 472. The minimum atomic E-state index is -1.07. The molecular weight excluding hydrogens is 240 g/mol. The summed E-state index contributed by atoms with van der Waals surface area (Å²) in [6, 6.07) is -2.35. The van der Waals surface area contributed by atoms with Crippen LogP contribution in [-0.4, -0.2) is 36.0 Å². The van der Waals surface area contributed by atoms with Gasteiger partial charge in [0.1, 0.15) is 0 Å². The lowest BCUT2D eigenvalue weighted by Crippen LogP contribution is -2.90. The second-order valence-corrected chi connectivity index (χ2v) is 5.22. The minimum Gasteiger partial charge on any atom is -0.332 e. The Labute approximate surface area is 102 Å². The van der Waals surface area contributed by atoms with Crippen molar-refractivity contribution in [3.8, 4) is 0 Å². The van der Waals surface area contributed by atoms with Crippen LogP contribution in [0.3, 0.4) is 0 Å². The highest BCUT2D eigenvalue weighted by Crippen LogP contribution is 2.58. The molecule has 0 spiro atoms. The minimum absolute atomic E-state index is 0.499. The second kappa shape index (κ2) is 2.82. The van der Waals surface area contributed by atoms with Crippen molar-refractivity contribution >= 4 is 23.9 Å². The van der Waals surface area contributed by atoms with Crippen molar-refractivity contribution in [1.82, 2.24) is 21.3 Å². The number of carbonyl (C=O) groups excluding carboxylic acids is 4. The molecule has 6 amide bonds. The third kappa shape index (κ3) is 0.889. The van der Waals surface area contributed by atoms with Gasteiger partial charge in [-0.25, -0.2) is 9.59 Å². The predicted molar refractivity (Wildman–Crippen MR) is 57.1 cm³/mol. The average Bonchev–Trinajstić information content (AvgIpc) is 2.29. The molecule has 3 rings (SSSR count). The van der Waals surface area contributed by atoms with Gasteiger partial charge in [-0.15, -0.1) is 0 Å². The zero-order valence-electron chi connectivity index (χ0n) is 9.79. The quantitative estimate of drug-likeness (QED) is 0.416. The zero-order valence-corrected chi connectivity index (χ0v) is 9.79. The van der Waals surface area contributed by atoms with Crippen LogP contribution < -0.4 is 21.3 Å². The van der Waals surface area contributed by atoms with Crippen LogP contribution in [-0.2, 0) is 9.59 Å². The fourth-order valence-corrected chi connectivity index (χ4v) is 3.25. The van der Waals surface area contributed by atoms with Gasteiger partial charge in [0.2, 0.25) is 11.8 Å². The molecule has 0 aromatic carbocycles. The van der Waals surface area contributed by atoms with Gasteiger partial charge in [0.15, 0.2) is 0 Å². The summed E-state index contributed by atoms with van der Waals surface area (Å²) in [5.41, 5.74) is -2.13. The van der Waals surface area contributed by atoms with Gasteiger partial charge in [-0.2, -0.15) is 0 Å². The van der Waals surface area contributed by atoms with Crippen molar-refractivity contribution < 1.29 is 19.2 Å². The van der Waals surface area contributed by atoms with E-state index in [1.807, 2.05) is 0 Å². The summed E-state index contributed by atoms with van der Waals surface area (Å²) in [6.45, 7) is 3.22. The fraction of sp³-hybridized carbons (Fsp3) is 0.600. The van der Waals surface area contributed by atoms with Gasteiger partial charge in [-0.1, -0.05) is 0 Å². The van der Waals surface area contributed by atoms with Crippen LogP contribution in [0.1, 0.15) is 13.8 Å². The van der Waals surface area contributed by atoms with Crippen LogP contribution in [0.25, 0.3) is 0 Å². The molecule has 0 unspecified atom stereocenters. The molecule has 8 heteroatoms. The molecule has 0 bridgehead atoms. The summed E-state index contributed by atoms with van der Waals surface area (Å²) in [5.74, 6) is -0.998. The number of hydrogen-bond acceptors (Lipinski definition) is 4. The Hall–Kier alpha value is -2.12. The van der Waals surface area contributed by atoms with E-state index in [-0.39, 0.29) is 0 Å². The van der Waals surface area contributed by atoms with E-state index >= 15 is 0 Å². The highest BCUT2D eigenvalue weighted by molar-refractivity contribution is 6.10. The maximum absolute atomic E-state index is 12.0. The Morgan fingerprint density at radius 3 is 1.44 bits per heavy atom. The standard InChI is InChI=1S/C10H12N4O4/c1-9-3(11-7(17)13-5(9)15)4-10(9,2)6(16)14-8(18)12-4/h3-4H,1-2H3,(H2,11,13,15,17)(H2,12,14,16,18)/t3-,4-,9+,10+/m0/s1. The lowest BCUT2D eigenvalue weighted by atomic mass is 9.43. The summed E-state index contributed by atoms with van der Waals surface area (Å²) in [6.07, 6.45) is 0. The van der Waals surface area contributed by atoms with Crippen LogP contribution >= 0.6 is 0 Å². The van der Waals surface area contributed by atoms with Gasteiger partial charge in [0.05, 0.1) is 22.9 Å². The fourth-order valence-electron chi connectivity index (χ4n) is 3.25. The number of fused-ring (bicyclic) bond motifs is 4. The molecule has 1 saturated carbocycles. The van der Waals surface area contributed by atoms with Crippen LogP contribution in [0.4, 0.5) is 9.59 Å². The smallest absolute Gasteiger partial charge is 0.321 e. The highest BCUT2D eigenvalue weighted by atomic mass is 16.2. The van der Waals surface area contributed by atoms with Gasteiger partial charge in [-0.05, 0) is 13.8 Å². The molecule has 2 saturated heterocycles. The molecule has 3 aliphatic rings. The van der Waals surface area contributed by atoms with Crippen LogP contribution in [0.15, 0.2) is 0 Å². The summed E-state index contributed by atoms with van der Waals surface area (Å²) in [5, 5.41) is 9.49. The summed E-state index contributed by atoms with van der Waals surface area (Å²) >= 11 is 0. The molecule has 1 aliphatic carbocycles. The third-order valence-corrected chi connectivity index (χ3v) is 4.63. The second-order valence-electron chi connectivity index (χ2n) is 5.22. The van der Waals surface area contributed by atoms with E-state index in [0.717, 1.165) is 0 Å². The van der Waals surface area contributed by atoms with E-state index in [1.165, 1.54) is 0 Å². The molecule has 96 valence electrons. The van der Waals surface area contributed by atoms with Gasteiger partial charge >= 0.3 is 12.1 Å². The third-order valence-electron chi connectivity index (χ3n) is 4.63. The summed E-state index contributed by atoms with van der Waals surface area (Å²) < 4.78 is 0. The van der Waals surface area contributed by atoms with Crippen LogP contribution in [0, 0.1) is 10.8 Å². The van der Waals surface area contributed by atoms with E-state index < -0.39 is 46.8 Å². The largest absolute Gasteiger partial charge is 0.332 e. The van der Waals surface area contributed by atoms with Gasteiger partial charge < -0.3 is 10.6 Å². The maximum Gasteiger partial charge on any atom is 0.321 e. The van der Waals surface area contributed by atoms with Crippen molar-refractivity contribution in [3.05, 3.63) is 0 Å². The average molecular weight is 252 g/mol. The van der Waals surface area contributed by atoms with Crippen molar-refractivity contribution in [1.29, 1.82) is 0 Å². The molecule has 4 atom stereocenters. The molecule has 0 aromatic heterocycles. The van der Waals surface area contributed by atoms with E-state index in [9.17, 15) is 19.2 Å². The van der Waals surface area contributed by atoms with Gasteiger partial charge in [-0.3, -0.25) is 20.2 Å². The topological polar surface area (TPSA) is 116 Å². The first-order valence-electron chi connectivity index (χ1n) is 5.55. The SMILES string of the molecule is C[C@]12C(=O)NC(=O)N[C@H]1[C@@H]1NC(=O)NC(=O)[C@@]12C. The maximum atomic E-state index is 12.0. The molecule has 4 N–H and O–H groups in total. The predicted octanol–water partition coefficient (Wildman–Crippen LogP) is -1.57. The number of rotatable bonds is 0. The molecule has 2 aliphatic heterocycles. The Balaban J connectivity index is 2.07. The van der Waals surface area contributed by atoms with Crippen molar-refractivity contribution in [2.75, 3.05) is 0 Å². The number of urea groups is 2. The number of amides is 6. The molecule has 8 nitrogen and oxygen atoms in total.